The Labute approximate surface area is 110 Å². The molecule has 1 aromatic carbocycles. The lowest BCUT2D eigenvalue weighted by atomic mass is 9.90. The molecule has 0 spiro atoms. The second-order valence-corrected chi connectivity index (χ2v) is 5.09. The van der Waals surface area contributed by atoms with Gasteiger partial charge in [0.2, 0.25) is 0 Å². The van der Waals surface area contributed by atoms with Gasteiger partial charge in [-0.1, -0.05) is 30.3 Å². The number of aliphatic hydroxyl groups is 1. The molecule has 0 radical (unpaired) electrons. The third-order valence-electron chi connectivity index (χ3n) is 3.66. The molecule has 1 aromatic rings. The van der Waals surface area contributed by atoms with Gasteiger partial charge in [0.15, 0.2) is 6.10 Å². The SMILES string of the molecule is O[C@@H](C1CCN(Cc2ccccc2)CC1)C(F)(F)F. The fourth-order valence-corrected chi connectivity index (χ4v) is 2.54. The van der Waals surface area contributed by atoms with Crippen LogP contribution in [0.15, 0.2) is 30.3 Å². The molecule has 0 amide bonds. The Bertz CT molecular complexity index is 385. The number of likely N-dealkylation sites (tertiary alicyclic amines) is 1. The molecule has 0 aromatic heterocycles. The number of hydrogen-bond acceptors (Lipinski definition) is 2. The maximum atomic E-state index is 12.4. The van der Waals surface area contributed by atoms with E-state index in [0.29, 0.717) is 25.9 Å². The van der Waals surface area contributed by atoms with Gasteiger partial charge in [0.1, 0.15) is 0 Å². The minimum absolute atomic E-state index is 0.396. The van der Waals surface area contributed by atoms with E-state index in [1.54, 1.807) is 0 Å². The summed E-state index contributed by atoms with van der Waals surface area (Å²) in [6.07, 6.45) is -5.88. The van der Waals surface area contributed by atoms with Crippen LogP contribution in [0.25, 0.3) is 0 Å². The first-order chi connectivity index (χ1) is 8.97. The Kier molecular flexibility index (Phi) is 4.47. The highest BCUT2D eigenvalue weighted by Gasteiger charge is 2.44. The van der Waals surface area contributed by atoms with Crippen molar-refractivity contribution in [3.8, 4) is 0 Å². The van der Waals surface area contributed by atoms with Gasteiger partial charge >= 0.3 is 6.18 Å². The topological polar surface area (TPSA) is 23.5 Å². The molecular formula is C14H18F3NO. The van der Waals surface area contributed by atoms with Crippen molar-refractivity contribution in [3.05, 3.63) is 35.9 Å². The summed E-state index contributed by atoms with van der Waals surface area (Å²) in [4.78, 5) is 2.13. The van der Waals surface area contributed by atoms with E-state index in [1.165, 1.54) is 0 Å². The number of hydrogen-bond donors (Lipinski definition) is 1. The van der Waals surface area contributed by atoms with Crippen molar-refractivity contribution in [2.24, 2.45) is 5.92 Å². The summed E-state index contributed by atoms with van der Waals surface area (Å²) in [5, 5.41) is 9.24. The number of aliphatic hydroxyl groups excluding tert-OH is 1. The average Bonchev–Trinajstić information content (AvgIpc) is 2.39. The number of nitrogens with zero attached hydrogens (tertiary/aromatic N) is 1. The summed E-state index contributed by atoms with van der Waals surface area (Å²) in [5.74, 6) is -0.660. The second-order valence-electron chi connectivity index (χ2n) is 5.09. The lowest BCUT2D eigenvalue weighted by Crippen LogP contribution is -2.43. The quantitative estimate of drug-likeness (QED) is 0.915. The molecule has 1 N–H and O–H groups in total. The Morgan fingerprint density at radius 1 is 1.16 bits per heavy atom. The van der Waals surface area contributed by atoms with Crippen molar-refractivity contribution in [2.45, 2.75) is 31.7 Å². The average molecular weight is 273 g/mol. The van der Waals surface area contributed by atoms with Crippen LogP contribution in [0.2, 0.25) is 0 Å². The number of alkyl halides is 3. The predicted octanol–water partition coefficient (Wildman–Crippen LogP) is 2.82. The van der Waals surface area contributed by atoms with Crippen molar-refractivity contribution < 1.29 is 18.3 Å². The smallest absolute Gasteiger partial charge is 0.383 e. The Balaban J connectivity index is 1.83. The second kappa shape index (κ2) is 5.92. The van der Waals surface area contributed by atoms with Crippen molar-refractivity contribution in [1.29, 1.82) is 0 Å². The van der Waals surface area contributed by atoms with Crippen molar-refractivity contribution in [2.75, 3.05) is 13.1 Å². The zero-order valence-corrected chi connectivity index (χ0v) is 10.6. The van der Waals surface area contributed by atoms with Crippen LogP contribution in [0, 0.1) is 5.92 Å². The van der Waals surface area contributed by atoms with Gasteiger partial charge in [-0.2, -0.15) is 13.2 Å². The van der Waals surface area contributed by atoms with E-state index in [9.17, 15) is 18.3 Å². The molecule has 5 heteroatoms. The van der Waals surface area contributed by atoms with Gasteiger partial charge in [-0.05, 0) is 37.4 Å². The standard InChI is InChI=1S/C14H18F3NO/c15-14(16,17)13(19)12-6-8-18(9-7-12)10-11-4-2-1-3-5-11/h1-5,12-13,19H,6-10H2/t13-/m0/s1. The summed E-state index contributed by atoms with van der Waals surface area (Å²) in [7, 11) is 0. The van der Waals surface area contributed by atoms with E-state index in [0.717, 1.165) is 12.1 Å². The van der Waals surface area contributed by atoms with E-state index in [2.05, 4.69) is 4.90 Å². The van der Waals surface area contributed by atoms with Gasteiger partial charge in [0, 0.05) is 6.54 Å². The molecule has 0 unspecified atom stereocenters. The van der Waals surface area contributed by atoms with Gasteiger partial charge < -0.3 is 5.11 Å². The highest BCUT2D eigenvalue weighted by molar-refractivity contribution is 5.14. The Hall–Kier alpha value is -1.07. The highest BCUT2D eigenvalue weighted by Crippen LogP contribution is 2.31. The van der Waals surface area contributed by atoms with Gasteiger partial charge in [0.25, 0.3) is 0 Å². The molecule has 0 saturated carbocycles. The fraction of sp³-hybridized carbons (Fsp3) is 0.571. The number of benzene rings is 1. The van der Waals surface area contributed by atoms with E-state index in [4.69, 9.17) is 0 Å². The van der Waals surface area contributed by atoms with Gasteiger partial charge in [-0.25, -0.2) is 0 Å². The number of halogens is 3. The lowest BCUT2D eigenvalue weighted by Gasteiger charge is -2.34. The summed E-state index contributed by atoms with van der Waals surface area (Å²) >= 11 is 0. The molecule has 106 valence electrons. The first kappa shape index (κ1) is 14.3. The molecule has 0 aliphatic carbocycles. The van der Waals surface area contributed by atoms with Crippen LogP contribution in [0.4, 0.5) is 13.2 Å². The van der Waals surface area contributed by atoms with Gasteiger partial charge in [-0.15, -0.1) is 0 Å². The normalized spacial score (nSPS) is 20.4. The molecule has 1 aliphatic rings. The molecule has 2 rings (SSSR count). The molecule has 2 nitrogen and oxygen atoms in total. The molecule has 1 heterocycles. The van der Waals surface area contributed by atoms with Crippen LogP contribution in [0.3, 0.4) is 0 Å². The number of piperidine rings is 1. The maximum Gasteiger partial charge on any atom is 0.414 e. The molecule has 19 heavy (non-hydrogen) atoms. The van der Waals surface area contributed by atoms with Crippen molar-refractivity contribution in [3.63, 3.8) is 0 Å². The Morgan fingerprint density at radius 2 is 1.74 bits per heavy atom. The maximum absolute atomic E-state index is 12.4. The molecule has 1 atom stereocenters. The predicted molar refractivity (Wildman–Crippen MR) is 66.5 cm³/mol. The van der Waals surface area contributed by atoms with Crippen LogP contribution >= 0.6 is 0 Å². The van der Waals surface area contributed by atoms with E-state index in [-0.39, 0.29) is 0 Å². The third kappa shape index (κ3) is 3.94. The first-order valence-corrected chi connectivity index (χ1v) is 6.48. The molecule has 1 saturated heterocycles. The van der Waals surface area contributed by atoms with Crippen LogP contribution in [0.1, 0.15) is 18.4 Å². The molecule has 1 aliphatic heterocycles. The summed E-state index contributed by atoms with van der Waals surface area (Å²) in [6.45, 7) is 1.97. The van der Waals surface area contributed by atoms with Crippen LogP contribution < -0.4 is 0 Å². The summed E-state index contributed by atoms with van der Waals surface area (Å²) < 4.78 is 37.2. The van der Waals surface area contributed by atoms with E-state index in [1.807, 2.05) is 30.3 Å². The monoisotopic (exact) mass is 273 g/mol. The Morgan fingerprint density at radius 3 is 2.26 bits per heavy atom. The third-order valence-corrected chi connectivity index (χ3v) is 3.66. The van der Waals surface area contributed by atoms with Crippen molar-refractivity contribution in [1.82, 2.24) is 4.90 Å². The zero-order chi connectivity index (χ0) is 13.9. The zero-order valence-electron chi connectivity index (χ0n) is 10.6. The number of rotatable bonds is 3. The van der Waals surface area contributed by atoms with Crippen LogP contribution in [-0.4, -0.2) is 35.4 Å². The summed E-state index contributed by atoms with van der Waals surface area (Å²) in [6, 6.07) is 9.87. The van der Waals surface area contributed by atoms with Crippen molar-refractivity contribution >= 4 is 0 Å². The van der Waals surface area contributed by atoms with Gasteiger partial charge in [-0.3, -0.25) is 4.90 Å². The van der Waals surface area contributed by atoms with Crippen LogP contribution in [0.5, 0.6) is 0 Å². The van der Waals surface area contributed by atoms with E-state index >= 15 is 0 Å². The molecular weight excluding hydrogens is 255 g/mol. The molecule has 1 fully saturated rings. The fourth-order valence-electron chi connectivity index (χ4n) is 2.54. The minimum Gasteiger partial charge on any atom is -0.383 e. The minimum atomic E-state index is -4.49. The van der Waals surface area contributed by atoms with E-state index < -0.39 is 18.2 Å². The largest absolute Gasteiger partial charge is 0.414 e. The highest BCUT2D eigenvalue weighted by atomic mass is 19.4. The molecule has 0 bridgehead atoms. The van der Waals surface area contributed by atoms with Gasteiger partial charge in [0.05, 0.1) is 0 Å². The lowest BCUT2D eigenvalue weighted by molar-refractivity contribution is -0.223. The van der Waals surface area contributed by atoms with Crippen LogP contribution in [-0.2, 0) is 6.54 Å². The summed E-state index contributed by atoms with van der Waals surface area (Å²) in [5.41, 5.74) is 1.16. The first-order valence-electron chi connectivity index (χ1n) is 6.48.